The van der Waals surface area contributed by atoms with Crippen LogP contribution in [0.5, 0.6) is 0 Å². The van der Waals surface area contributed by atoms with E-state index in [2.05, 4.69) is 4.90 Å². The Morgan fingerprint density at radius 1 is 0.941 bits per heavy atom. The number of hydrogen-bond acceptors (Lipinski definition) is 6. The van der Waals surface area contributed by atoms with Crippen LogP contribution in [0.1, 0.15) is 44.9 Å². The van der Waals surface area contributed by atoms with Crippen molar-refractivity contribution in [1.82, 2.24) is 18.7 Å². The van der Waals surface area contributed by atoms with Crippen LogP contribution in [0.2, 0.25) is 0 Å². The van der Waals surface area contributed by atoms with Crippen LogP contribution in [0, 0.1) is 5.92 Å². The Labute approximate surface area is 200 Å². The highest BCUT2D eigenvalue weighted by atomic mass is 32.2. The highest BCUT2D eigenvalue weighted by Crippen LogP contribution is 2.28. The Hall–Kier alpha value is -2.17. The van der Waals surface area contributed by atoms with Gasteiger partial charge in [0.05, 0.1) is 10.4 Å². The second kappa shape index (κ2) is 9.47. The molecular formula is C24H34N4O5S. The van der Waals surface area contributed by atoms with Gasteiger partial charge in [0.1, 0.15) is 0 Å². The van der Waals surface area contributed by atoms with Gasteiger partial charge in [-0.25, -0.2) is 13.2 Å². The van der Waals surface area contributed by atoms with Crippen LogP contribution in [0.15, 0.2) is 32.3 Å². The first-order valence-electron chi connectivity index (χ1n) is 12.5. The topological polar surface area (TPSA) is 96.1 Å². The molecule has 3 aliphatic rings. The fraction of sp³-hybridized carbons (Fsp3) is 0.667. The average molecular weight is 491 g/mol. The Balaban J connectivity index is 1.17. The molecule has 5 rings (SSSR count). The van der Waals surface area contributed by atoms with Crippen molar-refractivity contribution in [1.29, 1.82) is 0 Å². The molecule has 0 bridgehead atoms. The van der Waals surface area contributed by atoms with Crippen LogP contribution >= 0.6 is 0 Å². The molecule has 186 valence electrons. The molecule has 0 unspecified atom stereocenters. The predicted octanol–water partition coefficient (Wildman–Crippen LogP) is 2.01. The molecule has 2 saturated heterocycles. The maximum atomic E-state index is 13.2. The van der Waals surface area contributed by atoms with Gasteiger partial charge in [-0.1, -0.05) is 19.3 Å². The normalized spacial score (nSPS) is 22.4. The van der Waals surface area contributed by atoms with Gasteiger partial charge in [-0.3, -0.25) is 14.3 Å². The van der Waals surface area contributed by atoms with E-state index in [1.165, 1.54) is 53.1 Å². The first-order valence-corrected chi connectivity index (χ1v) is 13.9. The number of rotatable bonds is 4. The molecule has 2 aromatic rings. The molecule has 10 heteroatoms. The van der Waals surface area contributed by atoms with E-state index in [0.717, 1.165) is 26.2 Å². The summed E-state index contributed by atoms with van der Waals surface area (Å²) >= 11 is 0. The molecule has 34 heavy (non-hydrogen) atoms. The molecule has 0 spiro atoms. The largest absolute Gasteiger partial charge is 0.419 e. The quantitative estimate of drug-likeness (QED) is 0.651. The lowest BCUT2D eigenvalue weighted by Gasteiger charge is -2.42. The number of aryl methyl sites for hydroxylation is 1. The third-order valence-corrected chi connectivity index (χ3v) is 9.82. The number of carbonyl (C=O) groups excluding carboxylic acids is 1. The molecule has 9 nitrogen and oxygen atoms in total. The Morgan fingerprint density at radius 2 is 1.62 bits per heavy atom. The van der Waals surface area contributed by atoms with Gasteiger partial charge in [-0.05, 0) is 37.8 Å². The minimum Gasteiger partial charge on any atom is -0.408 e. The summed E-state index contributed by atoms with van der Waals surface area (Å²) in [5, 5.41) is 0. The number of piperazine rings is 1. The van der Waals surface area contributed by atoms with E-state index in [-0.39, 0.29) is 22.3 Å². The van der Waals surface area contributed by atoms with Gasteiger partial charge in [-0.15, -0.1) is 0 Å². The number of benzene rings is 1. The second-order valence-corrected chi connectivity index (χ2v) is 11.8. The number of nitrogens with zero attached hydrogens (tertiary/aromatic N) is 4. The maximum Gasteiger partial charge on any atom is 0.419 e. The number of amides is 1. The summed E-state index contributed by atoms with van der Waals surface area (Å²) in [7, 11) is -2.14. The van der Waals surface area contributed by atoms with Gasteiger partial charge in [0, 0.05) is 64.3 Å². The van der Waals surface area contributed by atoms with Crippen LogP contribution in [0.3, 0.4) is 0 Å². The molecule has 1 aromatic carbocycles. The monoisotopic (exact) mass is 490 g/mol. The van der Waals surface area contributed by atoms with Crippen molar-refractivity contribution in [2.75, 3.05) is 39.3 Å². The average Bonchev–Trinajstić information content (AvgIpc) is 3.17. The van der Waals surface area contributed by atoms with Crippen LogP contribution in [0.4, 0.5) is 0 Å². The van der Waals surface area contributed by atoms with Crippen molar-refractivity contribution >= 4 is 27.0 Å². The van der Waals surface area contributed by atoms with E-state index in [9.17, 15) is 18.0 Å². The van der Waals surface area contributed by atoms with Gasteiger partial charge in [-0.2, -0.15) is 4.31 Å². The van der Waals surface area contributed by atoms with Crippen molar-refractivity contribution < 1.29 is 17.6 Å². The van der Waals surface area contributed by atoms with E-state index in [4.69, 9.17) is 4.42 Å². The summed E-state index contributed by atoms with van der Waals surface area (Å²) in [6, 6.07) is 5.20. The minimum atomic E-state index is -3.72. The number of sulfonamides is 1. The Kier molecular flexibility index (Phi) is 6.56. The number of hydrogen-bond donors (Lipinski definition) is 0. The van der Waals surface area contributed by atoms with Crippen molar-refractivity contribution in [3.05, 3.63) is 28.7 Å². The number of fused-ring (bicyclic) bond motifs is 1. The summed E-state index contributed by atoms with van der Waals surface area (Å²) in [5.41, 5.74) is 0.808. The zero-order chi connectivity index (χ0) is 23.9. The standard InChI is InChI=1S/C24H34N4O5S/c1-25-21-8-7-20(17-22(21)33-24(25)30)34(31,32)28-11-9-18(10-12-28)23(29)27-15-13-26(14-16-27)19-5-3-2-4-6-19/h7-8,17-19H,2-6,9-16H2,1H3. The molecule has 0 N–H and O–H groups in total. The first-order chi connectivity index (χ1) is 16.3. The van der Waals surface area contributed by atoms with Gasteiger partial charge < -0.3 is 9.32 Å². The molecule has 1 amide bonds. The lowest BCUT2D eigenvalue weighted by molar-refractivity contribution is -0.139. The van der Waals surface area contributed by atoms with Gasteiger partial charge in [0.2, 0.25) is 15.9 Å². The number of carbonyl (C=O) groups is 1. The van der Waals surface area contributed by atoms with Crippen LogP contribution in [0.25, 0.3) is 11.1 Å². The summed E-state index contributed by atoms with van der Waals surface area (Å²) < 4.78 is 34.3. The first kappa shape index (κ1) is 23.6. The van der Waals surface area contributed by atoms with Crippen molar-refractivity contribution in [2.45, 2.75) is 55.9 Å². The van der Waals surface area contributed by atoms with Crippen LogP contribution < -0.4 is 5.76 Å². The van der Waals surface area contributed by atoms with Crippen molar-refractivity contribution in [3.8, 4) is 0 Å². The summed E-state index contributed by atoms with van der Waals surface area (Å²) in [6.45, 7) is 4.07. The van der Waals surface area contributed by atoms with Crippen molar-refractivity contribution in [2.24, 2.45) is 13.0 Å². The second-order valence-electron chi connectivity index (χ2n) is 9.89. The molecule has 3 fully saturated rings. The van der Waals surface area contributed by atoms with E-state index in [0.29, 0.717) is 37.5 Å². The number of piperidine rings is 1. The van der Waals surface area contributed by atoms with E-state index in [1.807, 2.05) is 4.90 Å². The summed E-state index contributed by atoms with van der Waals surface area (Å²) in [6.07, 6.45) is 7.61. The highest BCUT2D eigenvalue weighted by Gasteiger charge is 2.35. The highest BCUT2D eigenvalue weighted by molar-refractivity contribution is 7.89. The zero-order valence-electron chi connectivity index (χ0n) is 19.8. The third-order valence-electron chi connectivity index (χ3n) is 7.92. The minimum absolute atomic E-state index is 0.109. The molecule has 1 aromatic heterocycles. The summed E-state index contributed by atoms with van der Waals surface area (Å²) in [4.78, 5) is 29.5. The maximum absolute atomic E-state index is 13.2. The van der Waals surface area contributed by atoms with E-state index >= 15 is 0 Å². The predicted molar refractivity (Wildman–Crippen MR) is 128 cm³/mol. The smallest absolute Gasteiger partial charge is 0.408 e. The number of oxazole rings is 1. The van der Waals surface area contributed by atoms with Gasteiger partial charge in [0.25, 0.3) is 0 Å². The Morgan fingerprint density at radius 3 is 2.29 bits per heavy atom. The molecule has 1 aliphatic carbocycles. The van der Waals surface area contributed by atoms with E-state index in [1.54, 1.807) is 13.1 Å². The number of aromatic nitrogens is 1. The molecule has 3 heterocycles. The fourth-order valence-electron chi connectivity index (χ4n) is 5.78. The van der Waals surface area contributed by atoms with Gasteiger partial charge in [0.15, 0.2) is 5.58 Å². The fourth-order valence-corrected chi connectivity index (χ4v) is 7.26. The SMILES string of the molecule is Cn1c(=O)oc2cc(S(=O)(=O)N3CCC(C(=O)N4CCN(C5CCCCC5)CC4)CC3)ccc21. The lowest BCUT2D eigenvalue weighted by Crippen LogP contribution is -2.54. The lowest BCUT2D eigenvalue weighted by atomic mass is 9.93. The molecule has 0 radical (unpaired) electrons. The van der Waals surface area contributed by atoms with Gasteiger partial charge >= 0.3 is 5.76 Å². The zero-order valence-corrected chi connectivity index (χ0v) is 20.6. The van der Waals surface area contributed by atoms with E-state index < -0.39 is 15.8 Å². The third kappa shape index (κ3) is 4.43. The molecular weight excluding hydrogens is 456 g/mol. The molecule has 2 aliphatic heterocycles. The van der Waals surface area contributed by atoms with Crippen LogP contribution in [-0.2, 0) is 21.9 Å². The molecule has 0 atom stereocenters. The summed E-state index contributed by atoms with van der Waals surface area (Å²) in [5.74, 6) is -0.474. The van der Waals surface area contributed by atoms with Crippen molar-refractivity contribution in [3.63, 3.8) is 0 Å². The Bertz CT molecular complexity index is 1200. The van der Waals surface area contributed by atoms with Crippen LogP contribution in [-0.4, -0.2) is 78.3 Å². The molecule has 1 saturated carbocycles.